The van der Waals surface area contributed by atoms with Crippen LogP contribution in [-0.4, -0.2) is 19.7 Å². The Bertz CT molecular complexity index is 434. The van der Waals surface area contributed by atoms with E-state index < -0.39 is 0 Å². The van der Waals surface area contributed by atoms with Crippen molar-refractivity contribution in [2.45, 2.75) is 13.5 Å². The number of hydrogen-bond donors (Lipinski definition) is 1. The van der Waals surface area contributed by atoms with Crippen LogP contribution in [0.1, 0.15) is 11.4 Å². The van der Waals surface area contributed by atoms with Crippen LogP contribution in [-0.2, 0) is 6.54 Å². The lowest BCUT2D eigenvalue weighted by molar-refractivity contribution is 0.802. The molecule has 0 bridgehead atoms. The summed E-state index contributed by atoms with van der Waals surface area (Å²) in [5.74, 6) is 1.41. The second-order valence-electron chi connectivity index (χ2n) is 2.95. The van der Waals surface area contributed by atoms with Gasteiger partial charge < -0.3 is 5.73 Å². The smallest absolute Gasteiger partial charge is 0.164 e. The van der Waals surface area contributed by atoms with Crippen LogP contribution < -0.4 is 5.73 Å². The topological polar surface area (TPSA) is 69.6 Å². The van der Waals surface area contributed by atoms with Crippen LogP contribution in [0.25, 0.3) is 5.82 Å². The van der Waals surface area contributed by atoms with Crippen molar-refractivity contribution in [3.8, 4) is 5.82 Å². The van der Waals surface area contributed by atoms with Crippen LogP contribution in [0.2, 0.25) is 0 Å². The van der Waals surface area contributed by atoms with Crippen molar-refractivity contribution in [1.29, 1.82) is 0 Å². The molecule has 0 amide bonds. The van der Waals surface area contributed by atoms with Crippen LogP contribution in [0.5, 0.6) is 0 Å². The monoisotopic (exact) mass is 189 g/mol. The summed E-state index contributed by atoms with van der Waals surface area (Å²) in [5, 5.41) is 4.18. The van der Waals surface area contributed by atoms with E-state index in [1.54, 1.807) is 17.2 Å². The van der Waals surface area contributed by atoms with Crippen molar-refractivity contribution >= 4 is 0 Å². The lowest BCUT2D eigenvalue weighted by Gasteiger charge is -2.01. The maximum absolute atomic E-state index is 5.42. The summed E-state index contributed by atoms with van der Waals surface area (Å²) >= 11 is 0. The molecule has 0 fully saturated rings. The van der Waals surface area contributed by atoms with E-state index in [0.29, 0.717) is 12.4 Å². The summed E-state index contributed by atoms with van der Waals surface area (Å²) in [6.45, 7) is 2.32. The molecule has 0 aliphatic rings. The highest BCUT2D eigenvalue weighted by atomic mass is 15.4. The fourth-order valence-electron chi connectivity index (χ4n) is 1.21. The van der Waals surface area contributed by atoms with Crippen LogP contribution in [0, 0.1) is 6.92 Å². The Kier molecular flexibility index (Phi) is 2.24. The van der Waals surface area contributed by atoms with E-state index >= 15 is 0 Å². The Hall–Kier alpha value is -1.75. The average molecular weight is 189 g/mol. The normalized spacial score (nSPS) is 10.4. The molecule has 5 nitrogen and oxygen atoms in total. The fraction of sp³-hybridized carbons (Fsp3) is 0.222. The molecule has 0 radical (unpaired) electrons. The van der Waals surface area contributed by atoms with Crippen molar-refractivity contribution < 1.29 is 0 Å². The van der Waals surface area contributed by atoms with Crippen LogP contribution in [0.4, 0.5) is 0 Å². The minimum Gasteiger partial charge on any atom is -0.324 e. The highest BCUT2D eigenvalue weighted by Gasteiger charge is 2.04. The Balaban J connectivity index is 2.44. The summed E-state index contributed by atoms with van der Waals surface area (Å²) in [6, 6.07) is 3.87. The highest BCUT2D eigenvalue weighted by molar-refractivity contribution is 5.30. The molecule has 2 rings (SSSR count). The number of pyridine rings is 1. The molecular weight excluding hydrogens is 178 g/mol. The molecule has 14 heavy (non-hydrogen) atoms. The molecule has 0 saturated carbocycles. The van der Waals surface area contributed by atoms with Gasteiger partial charge in [0, 0.05) is 6.20 Å². The zero-order valence-corrected chi connectivity index (χ0v) is 7.88. The summed E-state index contributed by atoms with van der Waals surface area (Å²) in [7, 11) is 0. The van der Waals surface area contributed by atoms with E-state index in [-0.39, 0.29) is 0 Å². The first-order valence-electron chi connectivity index (χ1n) is 4.34. The maximum Gasteiger partial charge on any atom is 0.164 e. The molecule has 2 aromatic heterocycles. The summed E-state index contributed by atoms with van der Waals surface area (Å²) < 4.78 is 1.64. The highest BCUT2D eigenvalue weighted by Crippen LogP contribution is 2.07. The fourth-order valence-corrected chi connectivity index (χ4v) is 1.21. The van der Waals surface area contributed by atoms with Gasteiger partial charge in [0.05, 0.1) is 6.54 Å². The Morgan fingerprint density at radius 1 is 1.43 bits per heavy atom. The molecule has 0 aromatic carbocycles. The third kappa shape index (κ3) is 1.49. The molecule has 2 aromatic rings. The van der Waals surface area contributed by atoms with E-state index in [4.69, 9.17) is 5.73 Å². The number of nitrogens with two attached hydrogens (primary N) is 1. The van der Waals surface area contributed by atoms with Gasteiger partial charge in [-0.25, -0.2) is 14.6 Å². The summed E-state index contributed by atoms with van der Waals surface area (Å²) in [5.41, 5.74) is 6.48. The predicted octanol–water partition coefficient (Wildman–Crippen LogP) is 0.429. The van der Waals surface area contributed by atoms with Crippen molar-refractivity contribution in [3.05, 3.63) is 36.0 Å². The lowest BCUT2D eigenvalue weighted by atomic mass is 10.3. The van der Waals surface area contributed by atoms with Gasteiger partial charge in [0.25, 0.3) is 0 Å². The summed E-state index contributed by atoms with van der Waals surface area (Å²) in [4.78, 5) is 8.25. The number of rotatable bonds is 2. The quantitative estimate of drug-likeness (QED) is 0.743. The first-order chi connectivity index (χ1) is 6.81. The van der Waals surface area contributed by atoms with Gasteiger partial charge in [-0.2, -0.15) is 0 Å². The van der Waals surface area contributed by atoms with Gasteiger partial charge in [0.15, 0.2) is 11.6 Å². The largest absolute Gasteiger partial charge is 0.324 e. The summed E-state index contributed by atoms with van der Waals surface area (Å²) in [6.07, 6.45) is 3.35. The molecule has 5 heteroatoms. The molecule has 0 unspecified atom stereocenters. The third-order valence-corrected chi connectivity index (χ3v) is 1.92. The van der Waals surface area contributed by atoms with Crippen molar-refractivity contribution in [2.75, 3.05) is 0 Å². The molecule has 72 valence electrons. The SMILES string of the molecule is Cc1cccnc1-n1cnc(CN)n1. The third-order valence-electron chi connectivity index (χ3n) is 1.92. The average Bonchev–Trinajstić information content (AvgIpc) is 2.67. The van der Waals surface area contributed by atoms with Gasteiger partial charge >= 0.3 is 0 Å². The molecule has 0 aliphatic heterocycles. The molecule has 2 N–H and O–H groups in total. The van der Waals surface area contributed by atoms with E-state index in [2.05, 4.69) is 15.1 Å². The second-order valence-corrected chi connectivity index (χ2v) is 2.95. The van der Waals surface area contributed by atoms with Crippen LogP contribution in [0.3, 0.4) is 0 Å². The first-order valence-corrected chi connectivity index (χ1v) is 4.34. The van der Waals surface area contributed by atoms with Gasteiger partial charge in [0.2, 0.25) is 0 Å². The van der Waals surface area contributed by atoms with Crippen LogP contribution >= 0.6 is 0 Å². The number of nitrogens with zero attached hydrogens (tertiary/aromatic N) is 4. The predicted molar refractivity (Wildman–Crippen MR) is 51.8 cm³/mol. The zero-order valence-electron chi connectivity index (χ0n) is 7.88. The Morgan fingerprint density at radius 3 is 2.93 bits per heavy atom. The minimum atomic E-state index is 0.346. The van der Waals surface area contributed by atoms with E-state index in [0.717, 1.165) is 11.4 Å². The zero-order chi connectivity index (χ0) is 9.97. The van der Waals surface area contributed by atoms with Crippen molar-refractivity contribution in [3.63, 3.8) is 0 Å². The van der Waals surface area contributed by atoms with Gasteiger partial charge in [0.1, 0.15) is 6.33 Å². The lowest BCUT2D eigenvalue weighted by Crippen LogP contribution is -2.03. The molecule has 2 heterocycles. The molecule has 0 spiro atoms. The van der Waals surface area contributed by atoms with Crippen molar-refractivity contribution in [1.82, 2.24) is 19.7 Å². The van der Waals surface area contributed by atoms with E-state index in [1.165, 1.54) is 0 Å². The van der Waals surface area contributed by atoms with Gasteiger partial charge in [-0.05, 0) is 18.6 Å². The number of hydrogen-bond acceptors (Lipinski definition) is 4. The Morgan fingerprint density at radius 2 is 2.29 bits per heavy atom. The molecular formula is C9H11N5. The van der Waals surface area contributed by atoms with Gasteiger partial charge in [-0.3, -0.25) is 0 Å². The van der Waals surface area contributed by atoms with Gasteiger partial charge in [-0.15, -0.1) is 5.10 Å². The Labute approximate surface area is 81.6 Å². The van der Waals surface area contributed by atoms with Crippen LogP contribution in [0.15, 0.2) is 24.7 Å². The minimum absolute atomic E-state index is 0.346. The number of aromatic nitrogens is 4. The first kappa shape index (κ1) is 8.83. The van der Waals surface area contributed by atoms with Gasteiger partial charge in [-0.1, -0.05) is 6.07 Å². The van der Waals surface area contributed by atoms with Crippen molar-refractivity contribution in [2.24, 2.45) is 5.73 Å². The second kappa shape index (κ2) is 3.55. The number of aryl methyl sites for hydroxylation is 1. The van der Waals surface area contributed by atoms with E-state index in [9.17, 15) is 0 Å². The molecule has 0 atom stereocenters. The molecule has 0 aliphatic carbocycles. The van der Waals surface area contributed by atoms with E-state index in [1.807, 2.05) is 19.1 Å². The standard InChI is InChI=1S/C9H11N5/c1-7-3-2-4-11-9(7)14-6-12-8(5-10)13-14/h2-4,6H,5,10H2,1H3. The maximum atomic E-state index is 5.42. The molecule has 0 saturated heterocycles.